The van der Waals surface area contributed by atoms with E-state index in [9.17, 15) is 10.1 Å². The molecular formula is C11H15N3O2. The lowest BCUT2D eigenvalue weighted by Crippen LogP contribution is -2.34. The molecule has 2 rings (SSSR count). The van der Waals surface area contributed by atoms with Crippen molar-refractivity contribution in [2.45, 2.75) is 13.0 Å². The SMILES string of the molecule is NCCN1CCc2ccc([N+](=O)[O-])cc2C1. The molecule has 0 saturated carbocycles. The Labute approximate surface area is 94.0 Å². The zero-order chi connectivity index (χ0) is 11.5. The third-order valence-electron chi connectivity index (χ3n) is 2.94. The topological polar surface area (TPSA) is 72.4 Å². The predicted octanol–water partition coefficient (Wildman–Crippen LogP) is 0.912. The van der Waals surface area contributed by atoms with Gasteiger partial charge >= 0.3 is 0 Å². The summed E-state index contributed by atoms with van der Waals surface area (Å²) in [6.07, 6.45) is 0.952. The predicted molar refractivity (Wildman–Crippen MR) is 61.1 cm³/mol. The van der Waals surface area contributed by atoms with Gasteiger partial charge in [0.1, 0.15) is 0 Å². The summed E-state index contributed by atoms with van der Waals surface area (Å²) in [6, 6.07) is 5.13. The highest BCUT2D eigenvalue weighted by Gasteiger charge is 2.18. The molecule has 1 aliphatic heterocycles. The van der Waals surface area contributed by atoms with E-state index in [0.717, 1.165) is 31.6 Å². The van der Waals surface area contributed by atoms with Crippen LogP contribution in [0.2, 0.25) is 0 Å². The van der Waals surface area contributed by atoms with Crippen molar-refractivity contribution >= 4 is 5.69 Å². The number of nitrogens with zero attached hydrogens (tertiary/aromatic N) is 2. The Morgan fingerprint density at radius 3 is 2.94 bits per heavy atom. The smallest absolute Gasteiger partial charge is 0.269 e. The first kappa shape index (κ1) is 11.0. The Morgan fingerprint density at radius 2 is 2.25 bits per heavy atom. The molecule has 1 heterocycles. The molecule has 1 aromatic carbocycles. The fraction of sp³-hybridized carbons (Fsp3) is 0.455. The molecule has 0 bridgehead atoms. The molecule has 2 N–H and O–H groups in total. The van der Waals surface area contributed by atoms with Crippen molar-refractivity contribution in [1.82, 2.24) is 4.90 Å². The zero-order valence-corrected chi connectivity index (χ0v) is 9.06. The number of nitro groups is 1. The summed E-state index contributed by atoms with van der Waals surface area (Å²) in [7, 11) is 0. The van der Waals surface area contributed by atoms with Gasteiger partial charge in [0, 0.05) is 38.3 Å². The van der Waals surface area contributed by atoms with Crippen molar-refractivity contribution in [3.05, 3.63) is 39.4 Å². The zero-order valence-electron chi connectivity index (χ0n) is 9.06. The minimum Gasteiger partial charge on any atom is -0.329 e. The van der Waals surface area contributed by atoms with Crippen molar-refractivity contribution in [2.24, 2.45) is 5.73 Å². The lowest BCUT2D eigenvalue weighted by Gasteiger charge is -2.27. The lowest BCUT2D eigenvalue weighted by molar-refractivity contribution is -0.385. The molecule has 0 amide bonds. The number of benzene rings is 1. The van der Waals surface area contributed by atoms with Gasteiger partial charge in [-0.15, -0.1) is 0 Å². The summed E-state index contributed by atoms with van der Waals surface area (Å²) in [6.45, 7) is 3.24. The first-order valence-corrected chi connectivity index (χ1v) is 5.39. The molecule has 16 heavy (non-hydrogen) atoms. The van der Waals surface area contributed by atoms with E-state index in [4.69, 9.17) is 5.73 Å². The number of fused-ring (bicyclic) bond motifs is 1. The Hall–Kier alpha value is -1.46. The summed E-state index contributed by atoms with van der Waals surface area (Å²) in [5.74, 6) is 0. The van der Waals surface area contributed by atoms with Crippen LogP contribution in [0.1, 0.15) is 11.1 Å². The van der Waals surface area contributed by atoms with Crippen molar-refractivity contribution in [1.29, 1.82) is 0 Å². The molecule has 5 heteroatoms. The molecule has 0 radical (unpaired) electrons. The van der Waals surface area contributed by atoms with Gasteiger partial charge in [0.15, 0.2) is 0 Å². The van der Waals surface area contributed by atoms with Gasteiger partial charge in [-0.1, -0.05) is 6.07 Å². The number of hydrogen-bond donors (Lipinski definition) is 1. The van der Waals surface area contributed by atoms with Crippen LogP contribution < -0.4 is 5.73 Å². The second-order valence-corrected chi connectivity index (χ2v) is 4.02. The van der Waals surface area contributed by atoms with Crippen LogP contribution in [-0.4, -0.2) is 29.5 Å². The van der Waals surface area contributed by atoms with Gasteiger partial charge in [0.25, 0.3) is 5.69 Å². The van der Waals surface area contributed by atoms with Gasteiger partial charge in [-0.3, -0.25) is 15.0 Å². The Kier molecular flexibility index (Phi) is 3.17. The maximum atomic E-state index is 10.7. The first-order chi connectivity index (χ1) is 7.70. The van der Waals surface area contributed by atoms with Gasteiger partial charge < -0.3 is 5.73 Å². The highest BCUT2D eigenvalue weighted by Crippen LogP contribution is 2.23. The van der Waals surface area contributed by atoms with Crippen LogP contribution in [0, 0.1) is 10.1 Å². The maximum Gasteiger partial charge on any atom is 0.269 e. The maximum absolute atomic E-state index is 10.7. The number of rotatable bonds is 3. The van der Waals surface area contributed by atoms with E-state index >= 15 is 0 Å². The lowest BCUT2D eigenvalue weighted by atomic mass is 9.99. The van der Waals surface area contributed by atoms with Gasteiger partial charge in [0.05, 0.1) is 4.92 Å². The molecule has 0 spiro atoms. The second kappa shape index (κ2) is 4.59. The summed E-state index contributed by atoms with van der Waals surface area (Å²) >= 11 is 0. The Bertz CT molecular complexity index is 406. The molecule has 0 aliphatic carbocycles. The van der Waals surface area contributed by atoms with Crippen molar-refractivity contribution in [3.8, 4) is 0 Å². The van der Waals surface area contributed by atoms with Crippen molar-refractivity contribution < 1.29 is 4.92 Å². The van der Waals surface area contributed by atoms with E-state index in [0.29, 0.717) is 6.54 Å². The van der Waals surface area contributed by atoms with Crippen LogP contribution in [0.15, 0.2) is 18.2 Å². The molecule has 0 saturated heterocycles. The molecule has 86 valence electrons. The summed E-state index contributed by atoms with van der Waals surface area (Å²) in [5, 5.41) is 10.7. The van der Waals surface area contributed by atoms with E-state index in [1.165, 1.54) is 5.56 Å². The number of nitrogens with two attached hydrogens (primary N) is 1. The van der Waals surface area contributed by atoms with Crippen LogP contribution >= 0.6 is 0 Å². The highest BCUT2D eigenvalue weighted by atomic mass is 16.6. The van der Waals surface area contributed by atoms with Crippen LogP contribution in [0.3, 0.4) is 0 Å². The number of nitro benzene ring substituents is 1. The molecule has 1 aromatic rings. The van der Waals surface area contributed by atoms with E-state index in [-0.39, 0.29) is 10.6 Å². The van der Waals surface area contributed by atoms with E-state index < -0.39 is 0 Å². The minimum absolute atomic E-state index is 0.174. The first-order valence-electron chi connectivity index (χ1n) is 5.39. The Morgan fingerprint density at radius 1 is 1.44 bits per heavy atom. The van der Waals surface area contributed by atoms with E-state index in [1.807, 2.05) is 6.07 Å². The minimum atomic E-state index is -0.345. The van der Waals surface area contributed by atoms with Crippen LogP contribution in [-0.2, 0) is 13.0 Å². The standard InChI is InChI=1S/C11H15N3O2/c12-4-6-13-5-3-9-1-2-11(14(15)16)7-10(9)8-13/h1-2,7H,3-6,8,12H2. The van der Waals surface area contributed by atoms with Crippen LogP contribution in [0.5, 0.6) is 0 Å². The molecule has 0 aromatic heterocycles. The third kappa shape index (κ3) is 2.20. The molecule has 1 aliphatic rings. The number of non-ortho nitro benzene ring substituents is 1. The van der Waals surface area contributed by atoms with Crippen LogP contribution in [0.25, 0.3) is 0 Å². The monoisotopic (exact) mass is 221 g/mol. The third-order valence-corrected chi connectivity index (χ3v) is 2.94. The molecular weight excluding hydrogens is 206 g/mol. The molecule has 0 atom stereocenters. The number of hydrogen-bond acceptors (Lipinski definition) is 4. The normalized spacial score (nSPS) is 15.8. The van der Waals surface area contributed by atoms with E-state index in [2.05, 4.69) is 4.90 Å². The Balaban J connectivity index is 2.21. The van der Waals surface area contributed by atoms with E-state index in [1.54, 1.807) is 12.1 Å². The quantitative estimate of drug-likeness (QED) is 0.608. The van der Waals surface area contributed by atoms with Crippen LogP contribution in [0.4, 0.5) is 5.69 Å². The highest BCUT2D eigenvalue weighted by molar-refractivity contribution is 5.41. The average molecular weight is 221 g/mol. The second-order valence-electron chi connectivity index (χ2n) is 4.02. The molecule has 0 unspecified atom stereocenters. The van der Waals surface area contributed by atoms with Gasteiger partial charge in [0.2, 0.25) is 0 Å². The summed E-state index contributed by atoms with van der Waals surface area (Å²) < 4.78 is 0. The average Bonchev–Trinajstić information content (AvgIpc) is 2.28. The van der Waals surface area contributed by atoms with Crippen molar-refractivity contribution in [3.63, 3.8) is 0 Å². The van der Waals surface area contributed by atoms with Crippen molar-refractivity contribution in [2.75, 3.05) is 19.6 Å². The largest absolute Gasteiger partial charge is 0.329 e. The van der Waals surface area contributed by atoms with Gasteiger partial charge in [-0.2, -0.15) is 0 Å². The fourth-order valence-electron chi connectivity index (χ4n) is 2.09. The summed E-state index contributed by atoms with van der Waals surface area (Å²) in [4.78, 5) is 12.5. The molecule has 0 fully saturated rings. The van der Waals surface area contributed by atoms with Gasteiger partial charge in [-0.25, -0.2) is 0 Å². The summed E-state index contributed by atoms with van der Waals surface area (Å²) in [5.41, 5.74) is 7.97. The molecule has 5 nitrogen and oxygen atoms in total. The van der Waals surface area contributed by atoms with Gasteiger partial charge in [-0.05, 0) is 17.5 Å². The fourth-order valence-corrected chi connectivity index (χ4v) is 2.09.